The molecular formula is C19H25N5O3S. The lowest BCUT2D eigenvalue weighted by molar-refractivity contribution is -0.135. The van der Waals surface area contributed by atoms with Crippen LogP contribution in [0.1, 0.15) is 6.42 Å². The first-order valence-electron chi connectivity index (χ1n) is 9.50. The molecule has 4 rings (SSSR count). The number of nitrogens with zero attached hydrogens (tertiary/aromatic N) is 5. The molecular weight excluding hydrogens is 378 g/mol. The number of carbonyl (C=O) groups excluding carboxylic acids is 1. The molecule has 2 saturated heterocycles. The van der Waals surface area contributed by atoms with Crippen LogP contribution < -0.4 is 9.80 Å². The summed E-state index contributed by atoms with van der Waals surface area (Å²) in [4.78, 5) is 27.4. The molecule has 1 aromatic heterocycles. The maximum absolute atomic E-state index is 12.6. The van der Waals surface area contributed by atoms with E-state index in [-0.39, 0.29) is 23.3 Å². The predicted octanol–water partition coefficient (Wildman–Crippen LogP) is 0.779. The Labute approximate surface area is 165 Å². The summed E-state index contributed by atoms with van der Waals surface area (Å²) in [6.07, 6.45) is 2.03. The van der Waals surface area contributed by atoms with E-state index in [0.717, 1.165) is 35.5 Å². The van der Waals surface area contributed by atoms with Crippen LogP contribution in [0.25, 0.3) is 10.9 Å². The molecule has 1 amide bonds. The fourth-order valence-corrected chi connectivity index (χ4v) is 5.75. The van der Waals surface area contributed by atoms with Crippen LogP contribution in [0, 0.1) is 5.92 Å². The number of amides is 1. The van der Waals surface area contributed by atoms with E-state index in [9.17, 15) is 13.2 Å². The van der Waals surface area contributed by atoms with Crippen molar-refractivity contribution in [2.75, 3.05) is 61.6 Å². The SMILES string of the molecule is CN(C)c1ncnc2ccc(N3CCN(C(=O)C4CCS(=O)(=O)C4)CC3)cc12. The molecule has 0 bridgehead atoms. The van der Waals surface area contributed by atoms with Gasteiger partial charge in [0.2, 0.25) is 5.91 Å². The van der Waals surface area contributed by atoms with E-state index in [1.54, 1.807) is 6.33 Å². The Balaban J connectivity index is 1.46. The Morgan fingerprint density at radius 3 is 2.54 bits per heavy atom. The zero-order chi connectivity index (χ0) is 19.9. The van der Waals surface area contributed by atoms with Gasteiger partial charge in [-0.05, 0) is 24.6 Å². The zero-order valence-electron chi connectivity index (χ0n) is 16.2. The van der Waals surface area contributed by atoms with Crippen molar-refractivity contribution in [3.8, 4) is 0 Å². The van der Waals surface area contributed by atoms with Crippen LogP contribution in [-0.2, 0) is 14.6 Å². The van der Waals surface area contributed by atoms with Gasteiger partial charge in [0.25, 0.3) is 0 Å². The van der Waals surface area contributed by atoms with E-state index < -0.39 is 9.84 Å². The number of benzene rings is 1. The summed E-state index contributed by atoms with van der Waals surface area (Å²) >= 11 is 0. The molecule has 0 spiro atoms. The monoisotopic (exact) mass is 403 g/mol. The summed E-state index contributed by atoms with van der Waals surface area (Å²) in [5.41, 5.74) is 1.99. The molecule has 0 N–H and O–H groups in total. The van der Waals surface area contributed by atoms with E-state index in [0.29, 0.717) is 19.5 Å². The normalized spacial score (nSPS) is 21.9. The van der Waals surface area contributed by atoms with Crippen LogP contribution >= 0.6 is 0 Å². The molecule has 1 atom stereocenters. The average molecular weight is 404 g/mol. The number of aromatic nitrogens is 2. The lowest BCUT2D eigenvalue weighted by Crippen LogP contribution is -2.50. The molecule has 2 aromatic rings. The molecule has 1 unspecified atom stereocenters. The maximum atomic E-state index is 12.6. The summed E-state index contributed by atoms with van der Waals surface area (Å²) in [6, 6.07) is 6.15. The van der Waals surface area contributed by atoms with Crippen molar-refractivity contribution in [2.45, 2.75) is 6.42 Å². The highest BCUT2D eigenvalue weighted by Gasteiger charge is 2.36. The third-order valence-electron chi connectivity index (χ3n) is 5.56. The minimum atomic E-state index is -3.04. The van der Waals surface area contributed by atoms with Crippen LogP contribution in [0.2, 0.25) is 0 Å². The highest BCUT2D eigenvalue weighted by atomic mass is 32.2. The first kappa shape index (κ1) is 18.9. The van der Waals surface area contributed by atoms with Gasteiger partial charge in [-0.2, -0.15) is 0 Å². The minimum absolute atomic E-state index is 0.00400. The number of carbonyl (C=O) groups is 1. The van der Waals surface area contributed by atoms with Crippen molar-refractivity contribution in [2.24, 2.45) is 5.92 Å². The first-order valence-corrected chi connectivity index (χ1v) is 11.3. The smallest absolute Gasteiger partial charge is 0.226 e. The van der Waals surface area contributed by atoms with Crippen LogP contribution in [-0.4, -0.2) is 81.0 Å². The Morgan fingerprint density at radius 1 is 1.14 bits per heavy atom. The molecule has 2 aliphatic rings. The van der Waals surface area contributed by atoms with Gasteiger partial charge in [0.15, 0.2) is 9.84 Å². The maximum Gasteiger partial charge on any atom is 0.226 e. The van der Waals surface area contributed by atoms with Gasteiger partial charge in [-0.25, -0.2) is 18.4 Å². The van der Waals surface area contributed by atoms with Gasteiger partial charge >= 0.3 is 0 Å². The van der Waals surface area contributed by atoms with Crippen molar-refractivity contribution < 1.29 is 13.2 Å². The molecule has 0 aliphatic carbocycles. The number of fused-ring (bicyclic) bond motifs is 1. The lowest BCUT2D eigenvalue weighted by Gasteiger charge is -2.37. The predicted molar refractivity (Wildman–Crippen MR) is 109 cm³/mol. The van der Waals surface area contributed by atoms with Gasteiger partial charge in [0.1, 0.15) is 12.1 Å². The van der Waals surface area contributed by atoms with Gasteiger partial charge in [-0.1, -0.05) is 0 Å². The topological polar surface area (TPSA) is 86.7 Å². The van der Waals surface area contributed by atoms with Crippen LogP contribution in [0.4, 0.5) is 11.5 Å². The largest absolute Gasteiger partial charge is 0.368 e. The second-order valence-corrected chi connectivity index (χ2v) is 9.93. The second-order valence-electron chi connectivity index (χ2n) is 7.71. The fourth-order valence-electron chi connectivity index (χ4n) is 4.02. The quantitative estimate of drug-likeness (QED) is 0.748. The van der Waals surface area contributed by atoms with E-state index in [1.807, 2.05) is 30.0 Å². The Hall–Kier alpha value is -2.42. The van der Waals surface area contributed by atoms with E-state index in [4.69, 9.17) is 0 Å². The molecule has 9 heteroatoms. The van der Waals surface area contributed by atoms with Gasteiger partial charge in [-0.3, -0.25) is 4.79 Å². The second kappa shape index (κ2) is 7.20. The van der Waals surface area contributed by atoms with Crippen molar-refractivity contribution in [1.29, 1.82) is 0 Å². The first-order chi connectivity index (χ1) is 13.3. The van der Waals surface area contributed by atoms with E-state index >= 15 is 0 Å². The molecule has 2 aliphatic heterocycles. The fraction of sp³-hybridized carbons (Fsp3) is 0.526. The van der Waals surface area contributed by atoms with Crippen LogP contribution in [0.5, 0.6) is 0 Å². The summed E-state index contributed by atoms with van der Waals surface area (Å²) in [6.45, 7) is 2.67. The van der Waals surface area contributed by atoms with Gasteiger partial charge in [0, 0.05) is 51.3 Å². The molecule has 0 saturated carbocycles. The van der Waals surface area contributed by atoms with Gasteiger partial charge < -0.3 is 14.7 Å². The van der Waals surface area contributed by atoms with Gasteiger partial charge in [-0.15, -0.1) is 0 Å². The standard InChI is InChI=1S/C19H25N5O3S/c1-22(2)18-16-11-15(3-4-17(16)20-13-21-18)23-6-8-24(9-7-23)19(25)14-5-10-28(26,27)12-14/h3-4,11,13-14H,5-10,12H2,1-2H3. The third kappa shape index (κ3) is 3.63. The number of hydrogen-bond donors (Lipinski definition) is 0. The van der Waals surface area contributed by atoms with Crippen molar-refractivity contribution in [3.05, 3.63) is 24.5 Å². The summed E-state index contributed by atoms with van der Waals surface area (Å²) < 4.78 is 23.3. The van der Waals surface area contributed by atoms with Crippen LogP contribution in [0.3, 0.4) is 0 Å². The third-order valence-corrected chi connectivity index (χ3v) is 7.33. The molecule has 1 aromatic carbocycles. The summed E-state index contributed by atoms with van der Waals surface area (Å²) in [7, 11) is 0.882. The molecule has 150 valence electrons. The highest BCUT2D eigenvalue weighted by molar-refractivity contribution is 7.91. The number of anilines is 2. The zero-order valence-corrected chi connectivity index (χ0v) is 17.0. The van der Waals surface area contributed by atoms with Crippen molar-refractivity contribution in [3.63, 3.8) is 0 Å². The Morgan fingerprint density at radius 2 is 1.89 bits per heavy atom. The lowest BCUT2D eigenvalue weighted by atomic mass is 10.1. The van der Waals surface area contributed by atoms with Crippen molar-refractivity contribution in [1.82, 2.24) is 14.9 Å². The van der Waals surface area contributed by atoms with E-state index in [1.165, 1.54) is 0 Å². The minimum Gasteiger partial charge on any atom is -0.368 e. The molecule has 0 radical (unpaired) electrons. The summed E-state index contributed by atoms with van der Waals surface area (Å²) in [5, 5.41) is 1.000. The van der Waals surface area contributed by atoms with Crippen LogP contribution in [0.15, 0.2) is 24.5 Å². The summed E-state index contributed by atoms with van der Waals surface area (Å²) in [5.74, 6) is 0.642. The molecule has 28 heavy (non-hydrogen) atoms. The number of piperazine rings is 1. The number of hydrogen-bond acceptors (Lipinski definition) is 7. The molecule has 8 nitrogen and oxygen atoms in total. The van der Waals surface area contributed by atoms with E-state index in [2.05, 4.69) is 27.0 Å². The Kier molecular flexibility index (Phi) is 4.86. The highest BCUT2D eigenvalue weighted by Crippen LogP contribution is 2.28. The average Bonchev–Trinajstić information content (AvgIpc) is 3.06. The number of rotatable bonds is 3. The Bertz CT molecular complexity index is 1000. The number of sulfone groups is 1. The molecule has 2 fully saturated rings. The molecule has 3 heterocycles. The van der Waals surface area contributed by atoms with Gasteiger partial charge in [0.05, 0.1) is 22.9 Å². The van der Waals surface area contributed by atoms with Crippen molar-refractivity contribution >= 4 is 38.2 Å².